The fraction of sp³-hybridized carbons (Fsp3) is 0.391. The molecule has 3 aromatic rings. The molecular formula is C23H24N6O2. The van der Waals surface area contributed by atoms with Crippen molar-refractivity contribution in [2.24, 2.45) is 5.92 Å². The number of carbonyl (C=O) groups is 2. The first kappa shape index (κ1) is 19.4. The molecule has 0 bridgehead atoms. The highest BCUT2D eigenvalue weighted by molar-refractivity contribution is 6.00. The van der Waals surface area contributed by atoms with Gasteiger partial charge in [0.25, 0.3) is 5.91 Å². The molecular weight excluding hydrogens is 392 g/mol. The number of amides is 2. The molecule has 2 aromatic heterocycles. The molecule has 1 saturated carbocycles. The molecule has 1 aliphatic carbocycles. The van der Waals surface area contributed by atoms with Gasteiger partial charge in [-0.25, -0.2) is 0 Å². The van der Waals surface area contributed by atoms with Crippen molar-refractivity contribution in [2.75, 3.05) is 0 Å². The maximum absolute atomic E-state index is 13.2. The Balaban J connectivity index is 1.32. The number of aryl methyl sites for hydroxylation is 1. The van der Waals surface area contributed by atoms with E-state index in [1.54, 1.807) is 16.9 Å². The third-order valence-corrected chi connectivity index (χ3v) is 6.27. The molecule has 3 N–H and O–H groups in total. The average Bonchev–Trinajstić information content (AvgIpc) is 3.30. The van der Waals surface area contributed by atoms with Crippen molar-refractivity contribution in [3.8, 4) is 6.07 Å². The summed E-state index contributed by atoms with van der Waals surface area (Å²) in [5.74, 6) is -0.199. The lowest BCUT2D eigenvalue weighted by Gasteiger charge is -2.33. The van der Waals surface area contributed by atoms with Gasteiger partial charge in [0.2, 0.25) is 5.91 Å². The largest absolute Gasteiger partial charge is 0.351 e. The maximum atomic E-state index is 13.2. The lowest BCUT2D eigenvalue weighted by atomic mass is 9.90. The predicted molar refractivity (Wildman–Crippen MR) is 114 cm³/mol. The lowest BCUT2D eigenvalue weighted by molar-refractivity contribution is -0.125. The van der Waals surface area contributed by atoms with Gasteiger partial charge in [-0.2, -0.15) is 10.4 Å². The van der Waals surface area contributed by atoms with Crippen LogP contribution in [0.5, 0.6) is 0 Å². The second-order valence-electron chi connectivity index (χ2n) is 8.64. The van der Waals surface area contributed by atoms with E-state index in [9.17, 15) is 14.9 Å². The van der Waals surface area contributed by atoms with E-state index in [2.05, 4.69) is 26.8 Å². The van der Waals surface area contributed by atoms with Gasteiger partial charge in [0.15, 0.2) is 0 Å². The summed E-state index contributed by atoms with van der Waals surface area (Å²) in [4.78, 5) is 29.2. The number of hydrogen-bond donors (Lipinski definition) is 3. The van der Waals surface area contributed by atoms with Crippen LogP contribution in [0, 0.1) is 17.2 Å². The molecule has 0 unspecified atom stereocenters. The van der Waals surface area contributed by atoms with E-state index in [-0.39, 0.29) is 11.8 Å². The standard InChI is InChI=1S/C23H24N6O2/c24-13-23(9-7-17-8-10-25-29(17)14-23)28-22(31)19(11-15-5-6-15)27-21(30)20-12-16-3-1-2-4-18(16)26-20/h1-4,8,10,12,15,19,26H,5-7,9,11,14H2,(H,27,30)(H,28,31)/t19-,23+/m1/s1. The van der Waals surface area contributed by atoms with E-state index in [0.717, 1.165) is 29.4 Å². The Kier molecular flexibility index (Phi) is 4.74. The number of nitriles is 1. The average molecular weight is 416 g/mol. The molecule has 158 valence electrons. The van der Waals surface area contributed by atoms with Gasteiger partial charge in [0.1, 0.15) is 17.3 Å². The van der Waals surface area contributed by atoms with E-state index in [1.165, 1.54) is 0 Å². The normalized spacial score (nSPS) is 21.1. The van der Waals surface area contributed by atoms with Crippen LogP contribution in [-0.2, 0) is 17.8 Å². The molecule has 31 heavy (non-hydrogen) atoms. The van der Waals surface area contributed by atoms with Gasteiger partial charge < -0.3 is 15.6 Å². The van der Waals surface area contributed by atoms with Crippen LogP contribution in [-0.4, -0.2) is 38.2 Å². The molecule has 0 radical (unpaired) electrons. The highest BCUT2D eigenvalue weighted by atomic mass is 16.2. The summed E-state index contributed by atoms with van der Waals surface area (Å²) in [6.45, 7) is 0.309. The third-order valence-electron chi connectivity index (χ3n) is 6.27. The maximum Gasteiger partial charge on any atom is 0.268 e. The van der Waals surface area contributed by atoms with Crippen LogP contribution in [0.2, 0.25) is 0 Å². The molecule has 2 atom stereocenters. The van der Waals surface area contributed by atoms with Crippen molar-refractivity contribution in [3.63, 3.8) is 0 Å². The molecule has 0 spiro atoms. The van der Waals surface area contributed by atoms with Crippen LogP contribution >= 0.6 is 0 Å². The number of hydrogen-bond acceptors (Lipinski definition) is 4. The lowest BCUT2D eigenvalue weighted by Crippen LogP contribution is -2.58. The topological polar surface area (TPSA) is 116 Å². The Bertz CT molecular complexity index is 1150. The molecule has 1 aliphatic heterocycles. The first-order valence-electron chi connectivity index (χ1n) is 10.7. The van der Waals surface area contributed by atoms with Gasteiger partial charge in [-0.3, -0.25) is 14.3 Å². The van der Waals surface area contributed by atoms with Gasteiger partial charge in [-0.15, -0.1) is 0 Å². The molecule has 8 nitrogen and oxygen atoms in total. The van der Waals surface area contributed by atoms with Gasteiger partial charge in [0, 0.05) is 22.8 Å². The smallest absolute Gasteiger partial charge is 0.268 e. The van der Waals surface area contributed by atoms with Crippen molar-refractivity contribution in [3.05, 3.63) is 54.0 Å². The van der Waals surface area contributed by atoms with Crippen LogP contribution in [0.15, 0.2) is 42.6 Å². The first-order chi connectivity index (χ1) is 15.0. The number of rotatable bonds is 6. The van der Waals surface area contributed by atoms with Crippen LogP contribution in [0.3, 0.4) is 0 Å². The number of aromatic amines is 1. The Morgan fingerprint density at radius 2 is 2.16 bits per heavy atom. The quantitative estimate of drug-likeness (QED) is 0.572. The van der Waals surface area contributed by atoms with E-state index >= 15 is 0 Å². The molecule has 3 heterocycles. The SMILES string of the molecule is N#C[C@@]1(NC(=O)[C@@H](CC2CC2)NC(=O)c2cc3ccccc3[nH]2)CCc2ccnn2C1. The molecule has 1 fully saturated rings. The summed E-state index contributed by atoms with van der Waals surface area (Å²) >= 11 is 0. The number of para-hydroxylation sites is 1. The number of aromatic nitrogens is 3. The number of carbonyl (C=O) groups excluding carboxylic acids is 2. The number of benzene rings is 1. The number of nitrogens with zero attached hydrogens (tertiary/aromatic N) is 3. The Morgan fingerprint density at radius 1 is 1.32 bits per heavy atom. The van der Waals surface area contributed by atoms with E-state index in [0.29, 0.717) is 37.4 Å². The van der Waals surface area contributed by atoms with Crippen molar-refractivity contribution in [1.82, 2.24) is 25.4 Å². The fourth-order valence-corrected chi connectivity index (χ4v) is 4.29. The molecule has 5 rings (SSSR count). The van der Waals surface area contributed by atoms with E-state index in [1.807, 2.05) is 30.3 Å². The van der Waals surface area contributed by atoms with Crippen molar-refractivity contribution in [1.29, 1.82) is 5.26 Å². The zero-order chi connectivity index (χ0) is 21.4. The second kappa shape index (κ2) is 7.58. The molecule has 2 aliphatic rings. The molecule has 1 aromatic carbocycles. The molecule has 0 saturated heterocycles. The summed E-state index contributed by atoms with van der Waals surface area (Å²) in [6.07, 6.45) is 5.60. The highest BCUT2D eigenvalue weighted by Crippen LogP contribution is 2.34. The number of nitrogens with one attached hydrogen (secondary N) is 3. The van der Waals surface area contributed by atoms with Crippen LogP contribution < -0.4 is 10.6 Å². The zero-order valence-electron chi connectivity index (χ0n) is 17.1. The fourth-order valence-electron chi connectivity index (χ4n) is 4.29. The Morgan fingerprint density at radius 3 is 2.94 bits per heavy atom. The van der Waals surface area contributed by atoms with Crippen molar-refractivity contribution in [2.45, 2.75) is 50.2 Å². The van der Waals surface area contributed by atoms with Crippen molar-refractivity contribution >= 4 is 22.7 Å². The van der Waals surface area contributed by atoms with E-state index in [4.69, 9.17) is 0 Å². The summed E-state index contributed by atoms with van der Waals surface area (Å²) < 4.78 is 1.77. The Hall–Kier alpha value is -3.60. The van der Waals surface area contributed by atoms with Gasteiger partial charge in [0.05, 0.1) is 12.6 Å². The van der Waals surface area contributed by atoms with Gasteiger partial charge in [-0.05, 0) is 43.4 Å². The minimum atomic E-state index is -1.02. The van der Waals surface area contributed by atoms with Gasteiger partial charge in [-0.1, -0.05) is 31.0 Å². The monoisotopic (exact) mass is 416 g/mol. The number of fused-ring (bicyclic) bond motifs is 2. The summed E-state index contributed by atoms with van der Waals surface area (Å²) in [5.41, 5.74) is 1.32. The zero-order valence-corrected chi connectivity index (χ0v) is 17.1. The van der Waals surface area contributed by atoms with Crippen LogP contribution in [0.1, 0.15) is 41.9 Å². The number of H-pyrrole nitrogens is 1. The van der Waals surface area contributed by atoms with Crippen LogP contribution in [0.25, 0.3) is 10.9 Å². The third kappa shape index (κ3) is 3.91. The predicted octanol–water partition coefficient (Wildman–Crippen LogP) is 2.29. The van der Waals surface area contributed by atoms with Crippen molar-refractivity contribution < 1.29 is 9.59 Å². The minimum absolute atomic E-state index is 0.309. The molecule has 8 heteroatoms. The van der Waals surface area contributed by atoms with E-state index < -0.39 is 11.6 Å². The second-order valence-corrected chi connectivity index (χ2v) is 8.64. The Labute approximate surface area is 179 Å². The molecule has 2 amide bonds. The van der Waals surface area contributed by atoms with Crippen LogP contribution in [0.4, 0.5) is 0 Å². The summed E-state index contributed by atoms with van der Waals surface area (Å²) in [5, 5.41) is 20.9. The summed E-state index contributed by atoms with van der Waals surface area (Å²) in [6, 6.07) is 13.0. The summed E-state index contributed by atoms with van der Waals surface area (Å²) in [7, 11) is 0. The highest BCUT2D eigenvalue weighted by Gasteiger charge is 2.39. The minimum Gasteiger partial charge on any atom is -0.351 e. The first-order valence-corrected chi connectivity index (χ1v) is 10.7. The van der Waals surface area contributed by atoms with Gasteiger partial charge >= 0.3 is 0 Å².